The van der Waals surface area contributed by atoms with Crippen LogP contribution in [0.4, 0.5) is 4.79 Å². The van der Waals surface area contributed by atoms with Gasteiger partial charge in [-0.2, -0.15) is 0 Å². The van der Waals surface area contributed by atoms with Crippen molar-refractivity contribution in [3.63, 3.8) is 0 Å². The molecule has 0 aromatic carbocycles. The average Bonchev–Trinajstić information content (AvgIpc) is 2.60. The highest BCUT2D eigenvalue weighted by Gasteiger charge is 2.35. The van der Waals surface area contributed by atoms with E-state index in [2.05, 4.69) is 0 Å². The van der Waals surface area contributed by atoms with Gasteiger partial charge in [-0.25, -0.2) is 4.79 Å². The summed E-state index contributed by atoms with van der Waals surface area (Å²) >= 11 is 0. The van der Waals surface area contributed by atoms with Crippen LogP contribution in [0.2, 0.25) is 0 Å². The lowest BCUT2D eigenvalue weighted by atomic mass is 9.92. The lowest BCUT2D eigenvalue weighted by Gasteiger charge is -2.37. The highest BCUT2D eigenvalue weighted by molar-refractivity contribution is 5.81. The SMILES string of the molecule is CCOC(=O)C1CCCN(C(=O)C2CCN(C(=O)OC(C)(C)C)CC2)C1. The first-order chi connectivity index (χ1) is 12.2. The van der Waals surface area contributed by atoms with E-state index in [1.54, 1.807) is 16.7 Å². The van der Waals surface area contributed by atoms with Crippen molar-refractivity contribution in [2.45, 2.75) is 59.0 Å². The normalized spacial score (nSPS) is 22.1. The van der Waals surface area contributed by atoms with Gasteiger partial charge in [0.15, 0.2) is 0 Å². The molecule has 0 aromatic heterocycles. The average molecular weight is 368 g/mol. The summed E-state index contributed by atoms with van der Waals surface area (Å²) in [5.41, 5.74) is -0.514. The van der Waals surface area contributed by atoms with Gasteiger partial charge in [-0.05, 0) is 53.4 Å². The van der Waals surface area contributed by atoms with Crippen molar-refractivity contribution in [2.24, 2.45) is 11.8 Å². The monoisotopic (exact) mass is 368 g/mol. The fourth-order valence-corrected chi connectivity index (χ4v) is 3.52. The van der Waals surface area contributed by atoms with Crippen molar-refractivity contribution in [2.75, 3.05) is 32.8 Å². The van der Waals surface area contributed by atoms with E-state index in [9.17, 15) is 14.4 Å². The Bertz CT molecular complexity index is 521. The predicted molar refractivity (Wildman–Crippen MR) is 96.5 cm³/mol. The van der Waals surface area contributed by atoms with Gasteiger partial charge < -0.3 is 19.3 Å². The van der Waals surface area contributed by atoms with Crippen LogP contribution in [0.15, 0.2) is 0 Å². The molecule has 1 atom stereocenters. The number of rotatable bonds is 3. The van der Waals surface area contributed by atoms with Gasteiger partial charge in [0.25, 0.3) is 0 Å². The lowest BCUT2D eigenvalue weighted by Crippen LogP contribution is -2.49. The summed E-state index contributed by atoms with van der Waals surface area (Å²) in [4.78, 5) is 40.4. The van der Waals surface area contributed by atoms with Gasteiger partial charge >= 0.3 is 12.1 Å². The molecule has 0 aliphatic carbocycles. The molecule has 0 radical (unpaired) electrons. The molecule has 0 N–H and O–H groups in total. The number of esters is 1. The molecule has 2 amide bonds. The number of ether oxygens (including phenoxy) is 2. The zero-order valence-corrected chi connectivity index (χ0v) is 16.5. The minimum Gasteiger partial charge on any atom is -0.466 e. The topological polar surface area (TPSA) is 76.2 Å². The number of hydrogen-bond donors (Lipinski definition) is 0. The van der Waals surface area contributed by atoms with E-state index in [1.165, 1.54) is 0 Å². The first kappa shape index (κ1) is 20.5. The lowest BCUT2D eigenvalue weighted by molar-refractivity contribution is -0.152. The van der Waals surface area contributed by atoms with Crippen molar-refractivity contribution in [3.05, 3.63) is 0 Å². The first-order valence-electron chi connectivity index (χ1n) is 9.64. The summed E-state index contributed by atoms with van der Waals surface area (Å²) in [5.74, 6) is -0.406. The maximum atomic E-state index is 12.8. The van der Waals surface area contributed by atoms with E-state index in [0.29, 0.717) is 45.6 Å². The Labute approximate surface area is 156 Å². The van der Waals surface area contributed by atoms with Crippen LogP contribution in [0.25, 0.3) is 0 Å². The Balaban J connectivity index is 1.84. The number of amides is 2. The molecule has 0 spiro atoms. The van der Waals surface area contributed by atoms with Crippen LogP contribution in [-0.4, -0.2) is 66.2 Å². The summed E-state index contributed by atoms with van der Waals surface area (Å²) in [6.07, 6.45) is 2.56. The fourth-order valence-electron chi connectivity index (χ4n) is 3.52. The maximum absolute atomic E-state index is 12.8. The summed E-state index contributed by atoms with van der Waals surface area (Å²) in [6.45, 7) is 9.90. The standard InChI is InChI=1S/C19H32N2O5/c1-5-25-17(23)15-7-6-10-21(13-15)16(22)14-8-11-20(12-9-14)18(24)26-19(2,3)4/h14-15H,5-13H2,1-4H3. The molecule has 7 nitrogen and oxygen atoms in total. The summed E-state index contributed by atoms with van der Waals surface area (Å²) in [5, 5.41) is 0. The molecule has 26 heavy (non-hydrogen) atoms. The molecular formula is C19H32N2O5. The van der Waals surface area contributed by atoms with Crippen molar-refractivity contribution >= 4 is 18.0 Å². The van der Waals surface area contributed by atoms with Gasteiger partial charge in [0.1, 0.15) is 5.60 Å². The van der Waals surface area contributed by atoms with Gasteiger partial charge in [0, 0.05) is 32.1 Å². The minimum absolute atomic E-state index is 0.0883. The van der Waals surface area contributed by atoms with Crippen LogP contribution in [0.1, 0.15) is 53.4 Å². The van der Waals surface area contributed by atoms with Crippen molar-refractivity contribution in [3.8, 4) is 0 Å². The number of likely N-dealkylation sites (tertiary alicyclic amines) is 2. The fraction of sp³-hybridized carbons (Fsp3) is 0.842. The van der Waals surface area contributed by atoms with Crippen LogP contribution < -0.4 is 0 Å². The molecule has 2 aliphatic heterocycles. The maximum Gasteiger partial charge on any atom is 0.410 e. The molecule has 7 heteroatoms. The molecule has 2 rings (SSSR count). The number of nitrogens with zero attached hydrogens (tertiary/aromatic N) is 2. The number of carbonyl (C=O) groups excluding carboxylic acids is 3. The highest BCUT2D eigenvalue weighted by Crippen LogP contribution is 2.25. The summed E-state index contributed by atoms with van der Waals surface area (Å²) < 4.78 is 10.5. The van der Waals surface area contributed by atoms with Gasteiger partial charge in [-0.1, -0.05) is 0 Å². The highest BCUT2D eigenvalue weighted by atomic mass is 16.6. The van der Waals surface area contributed by atoms with Crippen LogP contribution in [0.3, 0.4) is 0 Å². The Morgan fingerprint density at radius 2 is 1.62 bits per heavy atom. The van der Waals surface area contributed by atoms with E-state index < -0.39 is 5.60 Å². The molecule has 0 aromatic rings. The zero-order valence-electron chi connectivity index (χ0n) is 16.5. The molecule has 148 valence electrons. The molecular weight excluding hydrogens is 336 g/mol. The Morgan fingerprint density at radius 1 is 0.962 bits per heavy atom. The van der Waals surface area contributed by atoms with Crippen LogP contribution in [0, 0.1) is 11.8 Å². The Hall–Kier alpha value is -1.79. The molecule has 0 saturated carbocycles. The van der Waals surface area contributed by atoms with E-state index in [-0.39, 0.29) is 29.8 Å². The molecule has 0 bridgehead atoms. The largest absolute Gasteiger partial charge is 0.466 e. The summed E-state index contributed by atoms with van der Waals surface area (Å²) in [7, 11) is 0. The number of piperidine rings is 2. The third kappa shape index (κ3) is 5.61. The molecule has 2 aliphatic rings. The van der Waals surface area contributed by atoms with Gasteiger partial charge in [-0.3, -0.25) is 9.59 Å². The molecule has 2 saturated heterocycles. The van der Waals surface area contributed by atoms with E-state index in [1.807, 2.05) is 20.8 Å². The second-order valence-corrected chi connectivity index (χ2v) is 8.12. The van der Waals surface area contributed by atoms with E-state index in [0.717, 1.165) is 12.8 Å². The quantitative estimate of drug-likeness (QED) is 0.715. The molecule has 2 fully saturated rings. The molecule has 1 unspecified atom stereocenters. The predicted octanol–water partition coefficient (Wildman–Crippen LogP) is 2.44. The minimum atomic E-state index is -0.514. The van der Waals surface area contributed by atoms with E-state index in [4.69, 9.17) is 9.47 Å². The van der Waals surface area contributed by atoms with E-state index >= 15 is 0 Å². The summed E-state index contributed by atoms with van der Waals surface area (Å²) in [6, 6.07) is 0. The number of hydrogen-bond acceptors (Lipinski definition) is 5. The van der Waals surface area contributed by atoms with Crippen LogP contribution in [-0.2, 0) is 19.1 Å². The third-order valence-electron chi connectivity index (χ3n) is 4.85. The van der Waals surface area contributed by atoms with Gasteiger partial charge in [-0.15, -0.1) is 0 Å². The van der Waals surface area contributed by atoms with Crippen molar-refractivity contribution < 1.29 is 23.9 Å². The first-order valence-corrected chi connectivity index (χ1v) is 9.64. The van der Waals surface area contributed by atoms with Crippen LogP contribution >= 0.6 is 0 Å². The van der Waals surface area contributed by atoms with Crippen molar-refractivity contribution in [1.29, 1.82) is 0 Å². The third-order valence-corrected chi connectivity index (χ3v) is 4.85. The second-order valence-electron chi connectivity index (χ2n) is 8.12. The van der Waals surface area contributed by atoms with Crippen LogP contribution in [0.5, 0.6) is 0 Å². The zero-order chi connectivity index (χ0) is 19.3. The smallest absolute Gasteiger partial charge is 0.410 e. The van der Waals surface area contributed by atoms with Gasteiger partial charge in [0.2, 0.25) is 5.91 Å². The molecule has 2 heterocycles. The second kappa shape index (κ2) is 8.73. The van der Waals surface area contributed by atoms with Crippen molar-refractivity contribution in [1.82, 2.24) is 9.80 Å². The Morgan fingerprint density at radius 3 is 2.19 bits per heavy atom. The van der Waals surface area contributed by atoms with Gasteiger partial charge in [0.05, 0.1) is 12.5 Å². The Kier molecular flexibility index (Phi) is 6.89. The number of carbonyl (C=O) groups is 3.